The van der Waals surface area contributed by atoms with Gasteiger partial charge in [0.15, 0.2) is 0 Å². The zero-order valence-electron chi connectivity index (χ0n) is 13.9. The zero-order chi connectivity index (χ0) is 16.8. The Morgan fingerprint density at radius 3 is 2.65 bits per heavy atom. The number of hydrogen-bond acceptors (Lipinski definition) is 2. The standard InChI is InChI=1S/C18H26F2N2O/c1-3-22(12-15-16(19)7-4-8-17(15)20)18(23)10-13(2)14-6-5-9-21-11-14/h4,7-8,13-14,21H,3,5-6,9-12H2,1-2H3. The predicted molar refractivity (Wildman–Crippen MR) is 86.8 cm³/mol. The minimum Gasteiger partial charge on any atom is -0.338 e. The molecule has 0 aromatic heterocycles. The fraction of sp³-hybridized carbons (Fsp3) is 0.611. The van der Waals surface area contributed by atoms with Gasteiger partial charge in [0.25, 0.3) is 0 Å². The fourth-order valence-corrected chi connectivity index (χ4v) is 3.19. The first-order chi connectivity index (χ1) is 11.0. The normalized spacial score (nSPS) is 19.4. The highest BCUT2D eigenvalue weighted by atomic mass is 19.1. The van der Waals surface area contributed by atoms with Crippen LogP contribution in [0.1, 0.15) is 38.7 Å². The Morgan fingerprint density at radius 2 is 2.09 bits per heavy atom. The van der Waals surface area contributed by atoms with Crippen LogP contribution in [0.25, 0.3) is 0 Å². The second-order valence-electron chi connectivity index (χ2n) is 6.40. The molecule has 1 fully saturated rings. The maximum atomic E-state index is 13.8. The summed E-state index contributed by atoms with van der Waals surface area (Å²) in [4.78, 5) is 14.1. The average molecular weight is 324 g/mol. The molecule has 5 heteroatoms. The number of benzene rings is 1. The number of carbonyl (C=O) groups excluding carboxylic acids is 1. The van der Waals surface area contributed by atoms with E-state index in [0.717, 1.165) is 25.9 Å². The van der Waals surface area contributed by atoms with E-state index in [0.29, 0.717) is 18.9 Å². The first kappa shape index (κ1) is 17.9. The fourth-order valence-electron chi connectivity index (χ4n) is 3.19. The van der Waals surface area contributed by atoms with Crippen LogP contribution in [-0.4, -0.2) is 30.4 Å². The molecule has 128 valence electrons. The molecular formula is C18H26F2N2O. The summed E-state index contributed by atoms with van der Waals surface area (Å²) >= 11 is 0. The quantitative estimate of drug-likeness (QED) is 0.870. The molecule has 1 aromatic rings. The Kier molecular flexibility index (Phi) is 6.51. The summed E-state index contributed by atoms with van der Waals surface area (Å²) in [6.45, 7) is 6.36. The Labute approximate surface area is 137 Å². The van der Waals surface area contributed by atoms with Crippen LogP contribution >= 0.6 is 0 Å². The molecule has 0 radical (unpaired) electrons. The smallest absolute Gasteiger partial charge is 0.223 e. The van der Waals surface area contributed by atoms with Gasteiger partial charge in [0.1, 0.15) is 11.6 Å². The Hall–Kier alpha value is -1.49. The highest BCUT2D eigenvalue weighted by Crippen LogP contribution is 2.24. The van der Waals surface area contributed by atoms with Gasteiger partial charge in [0.2, 0.25) is 5.91 Å². The van der Waals surface area contributed by atoms with Gasteiger partial charge in [-0.25, -0.2) is 8.78 Å². The van der Waals surface area contributed by atoms with Crippen LogP contribution < -0.4 is 5.32 Å². The van der Waals surface area contributed by atoms with E-state index in [1.807, 2.05) is 6.92 Å². The van der Waals surface area contributed by atoms with Crippen molar-refractivity contribution in [1.29, 1.82) is 0 Å². The third-order valence-electron chi connectivity index (χ3n) is 4.78. The van der Waals surface area contributed by atoms with Gasteiger partial charge in [-0.2, -0.15) is 0 Å². The van der Waals surface area contributed by atoms with Crippen LogP contribution in [0.15, 0.2) is 18.2 Å². The Morgan fingerprint density at radius 1 is 1.39 bits per heavy atom. The first-order valence-electron chi connectivity index (χ1n) is 8.44. The predicted octanol–water partition coefficient (Wildman–Crippen LogP) is 3.34. The van der Waals surface area contributed by atoms with Crippen LogP contribution in [0.3, 0.4) is 0 Å². The van der Waals surface area contributed by atoms with E-state index < -0.39 is 11.6 Å². The van der Waals surface area contributed by atoms with Gasteiger partial charge in [-0.3, -0.25) is 4.79 Å². The number of hydrogen-bond donors (Lipinski definition) is 1. The molecule has 1 heterocycles. The van der Waals surface area contributed by atoms with Crippen LogP contribution in [0.4, 0.5) is 8.78 Å². The van der Waals surface area contributed by atoms with Crippen molar-refractivity contribution in [2.45, 2.75) is 39.7 Å². The molecule has 2 rings (SSSR count). The molecule has 0 spiro atoms. The molecule has 23 heavy (non-hydrogen) atoms. The van der Waals surface area contributed by atoms with Crippen molar-refractivity contribution in [3.05, 3.63) is 35.4 Å². The van der Waals surface area contributed by atoms with Gasteiger partial charge < -0.3 is 10.2 Å². The van der Waals surface area contributed by atoms with Gasteiger partial charge in [-0.1, -0.05) is 13.0 Å². The lowest BCUT2D eigenvalue weighted by Crippen LogP contribution is -2.37. The van der Waals surface area contributed by atoms with Gasteiger partial charge in [0.05, 0.1) is 6.54 Å². The van der Waals surface area contributed by atoms with Crippen LogP contribution in [0.2, 0.25) is 0 Å². The summed E-state index contributed by atoms with van der Waals surface area (Å²) in [7, 11) is 0. The first-order valence-corrected chi connectivity index (χ1v) is 8.44. The molecule has 1 aliphatic heterocycles. The number of carbonyl (C=O) groups is 1. The van der Waals surface area contributed by atoms with E-state index in [9.17, 15) is 13.6 Å². The molecule has 1 saturated heterocycles. The summed E-state index contributed by atoms with van der Waals surface area (Å²) in [6, 6.07) is 3.80. The summed E-state index contributed by atoms with van der Waals surface area (Å²) in [5.74, 6) is -0.457. The lowest BCUT2D eigenvalue weighted by Gasteiger charge is -2.30. The van der Waals surface area contributed by atoms with Gasteiger partial charge in [-0.15, -0.1) is 0 Å². The van der Waals surface area contributed by atoms with Gasteiger partial charge >= 0.3 is 0 Å². The molecule has 2 unspecified atom stereocenters. The van der Waals surface area contributed by atoms with E-state index in [4.69, 9.17) is 0 Å². The minimum atomic E-state index is -0.597. The van der Waals surface area contributed by atoms with E-state index in [1.54, 1.807) is 0 Å². The molecule has 1 aliphatic rings. The van der Waals surface area contributed by atoms with E-state index in [1.165, 1.54) is 23.1 Å². The zero-order valence-corrected chi connectivity index (χ0v) is 13.9. The van der Waals surface area contributed by atoms with Crippen molar-refractivity contribution in [2.75, 3.05) is 19.6 Å². The van der Waals surface area contributed by atoms with Crippen molar-refractivity contribution < 1.29 is 13.6 Å². The molecular weight excluding hydrogens is 298 g/mol. The van der Waals surface area contributed by atoms with Crippen molar-refractivity contribution in [3.8, 4) is 0 Å². The maximum Gasteiger partial charge on any atom is 0.223 e. The highest BCUT2D eigenvalue weighted by Gasteiger charge is 2.24. The SMILES string of the molecule is CCN(Cc1c(F)cccc1F)C(=O)CC(C)C1CCCNC1. The van der Waals surface area contributed by atoms with Gasteiger partial charge in [-0.05, 0) is 56.8 Å². The number of rotatable bonds is 6. The largest absolute Gasteiger partial charge is 0.338 e. The molecule has 3 nitrogen and oxygen atoms in total. The molecule has 1 amide bonds. The van der Waals surface area contributed by atoms with Crippen molar-refractivity contribution in [3.63, 3.8) is 0 Å². The molecule has 1 N–H and O–H groups in total. The molecule has 1 aromatic carbocycles. The topological polar surface area (TPSA) is 32.3 Å². The summed E-state index contributed by atoms with van der Waals surface area (Å²) in [5.41, 5.74) is -0.0327. The monoisotopic (exact) mass is 324 g/mol. The average Bonchev–Trinajstić information content (AvgIpc) is 2.55. The number of halogens is 2. The number of piperidine rings is 1. The van der Waals surface area contributed by atoms with Crippen molar-refractivity contribution >= 4 is 5.91 Å². The molecule has 0 aliphatic carbocycles. The van der Waals surface area contributed by atoms with Crippen molar-refractivity contribution in [1.82, 2.24) is 10.2 Å². The maximum absolute atomic E-state index is 13.8. The number of amides is 1. The van der Waals surface area contributed by atoms with E-state index in [2.05, 4.69) is 12.2 Å². The highest BCUT2D eigenvalue weighted by molar-refractivity contribution is 5.76. The molecule has 0 bridgehead atoms. The lowest BCUT2D eigenvalue weighted by atomic mass is 9.85. The number of nitrogens with one attached hydrogen (secondary N) is 1. The van der Waals surface area contributed by atoms with Crippen LogP contribution in [0, 0.1) is 23.5 Å². The second kappa shape index (κ2) is 8.39. The Balaban J connectivity index is 1.98. The Bertz CT molecular complexity index is 510. The third kappa shape index (κ3) is 4.74. The number of nitrogens with zero attached hydrogens (tertiary/aromatic N) is 1. The third-order valence-corrected chi connectivity index (χ3v) is 4.78. The lowest BCUT2D eigenvalue weighted by molar-refractivity contribution is -0.133. The van der Waals surface area contributed by atoms with Crippen LogP contribution in [0.5, 0.6) is 0 Å². The summed E-state index contributed by atoms with van der Waals surface area (Å²) in [6.07, 6.45) is 2.70. The van der Waals surface area contributed by atoms with Crippen LogP contribution in [-0.2, 0) is 11.3 Å². The summed E-state index contributed by atoms with van der Waals surface area (Å²) in [5, 5.41) is 3.36. The second-order valence-corrected chi connectivity index (χ2v) is 6.40. The summed E-state index contributed by atoms with van der Waals surface area (Å²) < 4.78 is 27.6. The van der Waals surface area contributed by atoms with E-state index >= 15 is 0 Å². The van der Waals surface area contributed by atoms with Crippen molar-refractivity contribution in [2.24, 2.45) is 11.8 Å². The van der Waals surface area contributed by atoms with Gasteiger partial charge in [0, 0.05) is 18.5 Å². The van der Waals surface area contributed by atoms with E-state index in [-0.39, 0.29) is 23.9 Å². The molecule has 2 atom stereocenters. The molecule has 0 saturated carbocycles. The minimum absolute atomic E-state index is 0.0104.